The van der Waals surface area contributed by atoms with Crippen LogP contribution in [0.4, 0.5) is 5.82 Å². The number of allylic oxidation sites excluding steroid dienone is 4. The lowest BCUT2D eigenvalue weighted by Crippen LogP contribution is -2.50. The minimum atomic E-state index is -0.290. The number of carbonyl (C=O) groups excluding carboxylic acids is 1. The van der Waals surface area contributed by atoms with Gasteiger partial charge < -0.3 is 15.4 Å². The second-order valence-corrected chi connectivity index (χ2v) is 7.12. The second kappa shape index (κ2) is 9.73. The van der Waals surface area contributed by atoms with Gasteiger partial charge in [-0.1, -0.05) is 37.2 Å². The largest absolute Gasteiger partial charge is 0.486 e. The summed E-state index contributed by atoms with van der Waals surface area (Å²) in [5.41, 5.74) is 2.46. The Morgan fingerprint density at radius 1 is 1.22 bits per heavy atom. The normalized spacial score (nSPS) is 13.4. The predicted octanol–water partition coefficient (Wildman–Crippen LogP) is 3.88. The van der Waals surface area contributed by atoms with Crippen LogP contribution in [0.5, 0.6) is 5.75 Å². The summed E-state index contributed by atoms with van der Waals surface area (Å²) in [6.45, 7) is 8.95. The average Bonchev–Trinajstić information content (AvgIpc) is 2.79. The van der Waals surface area contributed by atoms with Crippen LogP contribution < -0.4 is 15.4 Å². The van der Waals surface area contributed by atoms with Crippen molar-refractivity contribution in [2.75, 3.05) is 18.4 Å². The number of nitrogens with one attached hydrogen (secondary N) is 2. The van der Waals surface area contributed by atoms with Gasteiger partial charge in [0.05, 0.1) is 5.56 Å². The molecular formula is C26H22N4O2. The van der Waals surface area contributed by atoms with Gasteiger partial charge in [0.1, 0.15) is 17.7 Å². The van der Waals surface area contributed by atoms with Crippen molar-refractivity contribution in [1.82, 2.24) is 15.3 Å². The summed E-state index contributed by atoms with van der Waals surface area (Å²) in [5.74, 6) is 6.86. The molecule has 6 nitrogen and oxygen atoms in total. The van der Waals surface area contributed by atoms with Crippen LogP contribution in [0.3, 0.4) is 0 Å². The lowest BCUT2D eigenvalue weighted by molar-refractivity contribution is 0.102. The Bertz CT molecular complexity index is 1280. The lowest BCUT2D eigenvalue weighted by Gasteiger charge is -2.28. The molecule has 0 bridgehead atoms. The summed E-state index contributed by atoms with van der Waals surface area (Å²) in [5, 5.41) is 6.91. The highest BCUT2D eigenvalue weighted by Crippen LogP contribution is 2.23. The van der Waals surface area contributed by atoms with Gasteiger partial charge in [0.25, 0.3) is 5.91 Å². The Morgan fingerprint density at radius 2 is 2.09 bits per heavy atom. The van der Waals surface area contributed by atoms with Crippen molar-refractivity contribution in [3.05, 3.63) is 96.7 Å². The van der Waals surface area contributed by atoms with Crippen LogP contribution in [0.15, 0.2) is 85.6 Å². The molecule has 1 aromatic carbocycles. The molecule has 0 atom stereocenters. The number of hydrogen-bond acceptors (Lipinski definition) is 5. The third-order valence-corrected chi connectivity index (χ3v) is 4.85. The van der Waals surface area contributed by atoms with E-state index in [4.69, 9.17) is 4.74 Å². The molecular weight excluding hydrogens is 400 g/mol. The molecule has 0 radical (unpaired) electrons. The SMILES string of the molecule is C=C/C=C(/C#Cc1ccc(C(=O)Nc2ccc3cccnc3n2)cc1OC1CNC1)C=C. The molecule has 2 N–H and O–H groups in total. The van der Waals surface area contributed by atoms with E-state index in [1.165, 1.54) is 0 Å². The summed E-state index contributed by atoms with van der Waals surface area (Å²) >= 11 is 0. The van der Waals surface area contributed by atoms with E-state index in [-0.39, 0.29) is 12.0 Å². The van der Waals surface area contributed by atoms with Gasteiger partial charge in [-0.05, 0) is 48.5 Å². The zero-order valence-electron chi connectivity index (χ0n) is 17.5. The molecule has 6 heteroatoms. The van der Waals surface area contributed by atoms with E-state index in [1.807, 2.05) is 18.2 Å². The second-order valence-electron chi connectivity index (χ2n) is 7.12. The van der Waals surface area contributed by atoms with E-state index in [0.29, 0.717) is 28.3 Å². The lowest BCUT2D eigenvalue weighted by atomic mass is 10.1. The first-order chi connectivity index (χ1) is 15.7. The summed E-state index contributed by atoms with van der Waals surface area (Å²) in [6, 6.07) is 12.6. The topological polar surface area (TPSA) is 76.1 Å². The molecule has 2 aromatic heterocycles. The Morgan fingerprint density at radius 3 is 2.84 bits per heavy atom. The van der Waals surface area contributed by atoms with Crippen LogP contribution in [-0.4, -0.2) is 35.1 Å². The average molecular weight is 422 g/mol. The van der Waals surface area contributed by atoms with Crippen molar-refractivity contribution in [2.45, 2.75) is 6.10 Å². The Labute approximate surface area is 186 Å². The third-order valence-electron chi connectivity index (χ3n) is 4.85. The zero-order chi connectivity index (χ0) is 22.3. The fraction of sp³-hybridized carbons (Fsp3) is 0.115. The fourth-order valence-electron chi connectivity index (χ4n) is 3.03. The van der Waals surface area contributed by atoms with E-state index >= 15 is 0 Å². The number of nitrogens with zero attached hydrogens (tertiary/aromatic N) is 2. The van der Waals surface area contributed by atoms with Gasteiger partial charge in [-0.3, -0.25) is 4.79 Å². The highest BCUT2D eigenvalue weighted by Gasteiger charge is 2.20. The van der Waals surface area contributed by atoms with E-state index in [2.05, 4.69) is 45.6 Å². The maximum Gasteiger partial charge on any atom is 0.256 e. The van der Waals surface area contributed by atoms with E-state index < -0.39 is 0 Å². The van der Waals surface area contributed by atoms with Crippen molar-refractivity contribution in [3.8, 4) is 17.6 Å². The first kappa shape index (κ1) is 21.0. The molecule has 1 amide bonds. The summed E-state index contributed by atoms with van der Waals surface area (Å²) in [6.07, 6.45) is 6.82. The van der Waals surface area contributed by atoms with Gasteiger partial charge in [0.15, 0.2) is 5.65 Å². The number of anilines is 1. The molecule has 4 rings (SSSR count). The molecule has 0 saturated carbocycles. The van der Waals surface area contributed by atoms with Crippen LogP contribution in [0, 0.1) is 11.8 Å². The molecule has 3 heterocycles. The first-order valence-corrected chi connectivity index (χ1v) is 10.2. The Hall–Kier alpha value is -4.21. The molecule has 32 heavy (non-hydrogen) atoms. The zero-order valence-corrected chi connectivity index (χ0v) is 17.5. The monoisotopic (exact) mass is 422 g/mol. The number of carbonyl (C=O) groups is 1. The summed E-state index contributed by atoms with van der Waals surface area (Å²) < 4.78 is 6.07. The maximum absolute atomic E-state index is 12.9. The molecule has 1 fully saturated rings. The van der Waals surface area contributed by atoms with Gasteiger partial charge in [-0.2, -0.15) is 0 Å². The number of benzene rings is 1. The van der Waals surface area contributed by atoms with Gasteiger partial charge in [-0.25, -0.2) is 9.97 Å². The molecule has 3 aromatic rings. The number of amides is 1. The highest BCUT2D eigenvalue weighted by molar-refractivity contribution is 6.04. The van der Waals surface area contributed by atoms with E-state index in [9.17, 15) is 4.79 Å². The van der Waals surface area contributed by atoms with Crippen LogP contribution >= 0.6 is 0 Å². The molecule has 1 aliphatic heterocycles. The fourth-order valence-corrected chi connectivity index (χ4v) is 3.03. The van der Waals surface area contributed by atoms with Crippen LogP contribution in [0.25, 0.3) is 11.0 Å². The molecule has 1 saturated heterocycles. The van der Waals surface area contributed by atoms with Crippen molar-refractivity contribution in [2.24, 2.45) is 0 Å². The number of hydrogen-bond donors (Lipinski definition) is 2. The Kier molecular flexibility index (Phi) is 6.40. The maximum atomic E-state index is 12.9. The van der Waals surface area contributed by atoms with Crippen molar-refractivity contribution >= 4 is 22.8 Å². The van der Waals surface area contributed by atoms with Crippen molar-refractivity contribution in [1.29, 1.82) is 0 Å². The van der Waals surface area contributed by atoms with Crippen LogP contribution in [0.2, 0.25) is 0 Å². The van der Waals surface area contributed by atoms with Gasteiger partial charge in [-0.15, -0.1) is 0 Å². The number of aromatic nitrogens is 2. The smallest absolute Gasteiger partial charge is 0.256 e. The number of rotatable bonds is 6. The van der Waals surface area contributed by atoms with Crippen LogP contribution in [0.1, 0.15) is 15.9 Å². The van der Waals surface area contributed by atoms with E-state index in [0.717, 1.165) is 24.0 Å². The van der Waals surface area contributed by atoms with Crippen molar-refractivity contribution < 1.29 is 9.53 Å². The minimum absolute atomic E-state index is 0.0460. The predicted molar refractivity (Wildman–Crippen MR) is 127 cm³/mol. The van der Waals surface area contributed by atoms with Crippen LogP contribution in [-0.2, 0) is 0 Å². The molecule has 0 spiro atoms. The summed E-state index contributed by atoms with van der Waals surface area (Å²) in [7, 11) is 0. The Balaban J connectivity index is 1.60. The third kappa shape index (κ3) is 4.91. The first-order valence-electron chi connectivity index (χ1n) is 10.2. The molecule has 158 valence electrons. The quantitative estimate of drug-likeness (QED) is 0.466. The van der Waals surface area contributed by atoms with Crippen molar-refractivity contribution in [3.63, 3.8) is 0 Å². The number of ether oxygens (including phenoxy) is 1. The van der Waals surface area contributed by atoms with E-state index in [1.54, 1.807) is 48.7 Å². The number of pyridine rings is 2. The molecule has 1 aliphatic rings. The molecule has 0 unspecified atom stereocenters. The van der Waals surface area contributed by atoms with Gasteiger partial charge in [0.2, 0.25) is 0 Å². The summed E-state index contributed by atoms with van der Waals surface area (Å²) in [4.78, 5) is 21.5. The molecule has 0 aliphatic carbocycles. The van der Waals surface area contributed by atoms with Gasteiger partial charge >= 0.3 is 0 Å². The van der Waals surface area contributed by atoms with Gasteiger partial charge in [0, 0.05) is 35.8 Å². The standard InChI is InChI=1S/C26H22N4O2/c1-3-6-18(4-2)8-9-19-10-11-21(15-23(19)32-22-16-27-17-22)26(31)30-24-13-12-20-7-5-14-28-25(20)29-24/h3-7,10-15,22,27H,1-2,16-17H2,(H,28,29,30,31)/b18-6+. The number of fused-ring (bicyclic) bond motifs is 1. The highest BCUT2D eigenvalue weighted by atomic mass is 16.5. The minimum Gasteiger partial charge on any atom is -0.486 e.